The number of hydrogen-bond acceptors (Lipinski definition) is 9. The average molecular weight is 709 g/mol. The highest BCUT2D eigenvalue weighted by molar-refractivity contribution is 7.74. The van der Waals surface area contributed by atoms with Crippen LogP contribution in [-0.4, -0.2) is 52.9 Å². The number of hydrogen-bond donors (Lipinski definition) is 1. The largest absolute Gasteiger partial charge is 0.479 e. The van der Waals surface area contributed by atoms with E-state index in [0.717, 1.165) is 48.4 Å². The van der Waals surface area contributed by atoms with Gasteiger partial charge in [0.15, 0.2) is 6.10 Å². The van der Waals surface area contributed by atoms with E-state index in [1.54, 1.807) is 32.9 Å². The Morgan fingerprint density at radius 2 is 1.54 bits per heavy atom. The molecule has 0 saturated carbocycles. The second-order valence-corrected chi connectivity index (χ2v) is 17.0. The van der Waals surface area contributed by atoms with Gasteiger partial charge in [0.1, 0.15) is 11.4 Å². The van der Waals surface area contributed by atoms with E-state index in [1.165, 1.54) is 24.3 Å². The van der Waals surface area contributed by atoms with Crippen LogP contribution in [0.1, 0.15) is 103 Å². The van der Waals surface area contributed by atoms with E-state index < -0.39 is 51.6 Å². The molecule has 0 aliphatic carbocycles. The van der Waals surface area contributed by atoms with E-state index in [0.29, 0.717) is 21.7 Å². The molecule has 1 saturated heterocycles. The second-order valence-electron chi connectivity index (χ2n) is 15.7. The van der Waals surface area contributed by atoms with E-state index in [1.807, 2.05) is 46.8 Å². The molecule has 50 heavy (non-hydrogen) atoms. The van der Waals surface area contributed by atoms with Gasteiger partial charge in [-0.3, -0.25) is 9.78 Å². The van der Waals surface area contributed by atoms with E-state index in [9.17, 15) is 23.3 Å². The Labute approximate surface area is 297 Å². The summed E-state index contributed by atoms with van der Waals surface area (Å²) in [4.78, 5) is 33.4. The fraction of sp³-hybridized carbons (Fsp3) is 0.513. The third-order valence-corrected chi connectivity index (χ3v) is 9.71. The Morgan fingerprint density at radius 1 is 0.960 bits per heavy atom. The number of pyridine rings is 1. The van der Waals surface area contributed by atoms with Crippen molar-refractivity contribution in [3.8, 4) is 11.1 Å². The van der Waals surface area contributed by atoms with Gasteiger partial charge in [-0.1, -0.05) is 55.1 Å². The molecule has 1 N–H and O–H groups in total. The summed E-state index contributed by atoms with van der Waals surface area (Å²) in [6.07, 6.45) is 0.633. The molecule has 11 heteroatoms. The van der Waals surface area contributed by atoms with Crippen molar-refractivity contribution in [2.24, 2.45) is 9.78 Å². The quantitative estimate of drug-likeness (QED) is 0.164. The van der Waals surface area contributed by atoms with Crippen molar-refractivity contribution in [2.75, 3.05) is 24.5 Å². The number of ether oxygens (including phenoxy) is 2. The Bertz CT molecular complexity index is 1780. The summed E-state index contributed by atoms with van der Waals surface area (Å²) < 4.78 is 43.2. The first-order chi connectivity index (χ1) is 23.2. The minimum atomic E-state index is -1.82. The van der Waals surface area contributed by atoms with Gasteiger partial charge < -0.3 is 28.1 Å². The molecule has 3 aromatic rings. The lowest BCUT2D eigenvalue weighted by molar-refractivity contribution is -0.160. The fourth-order valence-corrected chi connectivity index (χ4v) is 6.90. The fourth-order valence-electron chi connectivity index (χ4n) is 6.09. The number of rotatable bonds is 10. The standard InChI is InChI=1S/C39H51FN3O6S/c1-24-31(33(43-21-19-39(9,10)20-22-43)32(25(2)42-24)34(35(44)45)48-37(3,4)5)27-13-17-29(18-14-27)50(47)41-23-30(36(46)49-38(6,7)8)26-11-15-28(40)16-12-26/h11-18,30,34H,19-23H2,1-10H3,(H,44,45)/q-1/t30?,34-/m0/s1. The van der Waals surface area contributed by atoms with E-state index in [4.69, 9.17) is 14.5 Å². The third kappa shape index (κ3) is 9.90. The summed E-state index contributed by atoms with van der Waals surface area (Å²) in [5, 5.41) is 10.5. The maximum absolute atomic E-state index is 13.7. The number of esters is 1. The van der Waals surface area contributed by atoms with Crippen LogP contribution in [0.25, 0.3) is 11.1 Å². The molecule has 4 rings (SSSR count). The maximum atomic E-state index is 13.7. The summed E-state index contributed by atoms with van der Waals surface area (Å²) in [6.45, 7) is 20.4. The normalized spacial score (nSPS) is 16.9. The number of aliphatic carboxylic acids is 1. The summed E-state index contributed by atoms with van der Waals surface area (Å²) in [5.41, 5.74) is 3.44. The number of aryl methyl sites for hydroxylation is 2. The van der Waals surface area contributed by atoms with Crippen LogP contribution in [0.15, 0.2) is 57.8 Å². The Hall–Kier alpha value is -3.83. The molecule has 1 fully saturated rings. The van der Waals surface area contributed by atoms with Crippen molar-refractivity contribution in [1.29, 1.82) is 0 Å². The van der Waals surface area contributed by atoms with E-state index >= 15 is 0 Å². The van der Waals surface area contributed by atoms with Crippen LogP contribution in [0.4, 0.5) is 10.1 Å². The van der Waals surface area contributed by atoms with Crippen molar-refractivity contribution in [2.45, 2.75) is 110 Å². The first kappa shape index (κ1) is 39.0. The van der Waals surface area contributed by atoms with Gasteiger partial charge in [-0.2, -0.15) is 10.6 Å². The number of carbonyl (C=O) groups is 2. The highest BCUT2D eigenvalue weighted by Crippen LogP contribution is 2.45. The van der Waals surface area contributed by atoms with Crippen LogP contribution in [0.5, 0.6) is 0 Å². The van der Waals surface area contributed by atoms with Crippen LogP contribution in [-0.2, 0) is 33.9 Å². The molecule has 2 aromatic carbocycles. The minimum Gasteiger partial charge on any atom is -0.479 e. The van der Waals surface area contributed by atoms with Gasteiger partial charge in [0.25, 0.3) is 0 Å². The molecule has 1 unspecified atom stereocenters. The third-order valence-electron chi connectivity index (χ3n) is 8.65. The van der Waals surface area contributed by atoms with Gasteiger partial charge in [0, 0.05) is 42.1 Å². The second kappa shape index (κ2) is 15.2. The summed E-state index contributed by atoms with van der Waals surface area (Å²) in [6, 6.07) is 12.7. The summed E-state index contributed by atoms with van der Waals surface area (Å²) in [5.74, 6) is -2.93. The lowest BCUT2D eigenvalue weighted by Gasteiger charge is -2.41. The summed E-state index contributed by atoms with van der Waals surface area (Å²) in [7, 11) is -1.82. The van der Waals surface area contributed by atoms with E-state index in [2.05, 4.69) is 23.1 Å². The van der Waals surface area contributed by atoms with Crippen LogP contribution < -0.4 is 4.90 Å². The SMILES string of the molecule is Cc1nc(C)c([C@H](OC(C)(C)C)C(=O)O)c(N2CCC(C)(C)CC2)c1-c1ccc([S-](=O)=NCC(C(=O)OC(C)(C)C)c2ccc(F)cc2)cc1. The Balaban J connectivity index is 1.76. The zero-order chi connectivity index (χ0) is 37.2. The molecule has 9 nitrogen and oxygen atoms in total. The van der Waals surface area contributed by atoms with Crippen LogP contribution in [0.3, 0.4) is 0 Å². The molecule has 272 valence electrons. The number of nitrogens with zero attached hydrogens (tertiary/aromatic N) is 3. The molecule has 0 amide bonds. The number of carboxylic acids is 1. The molecule has 0 bridgehead atoms. The number of piperidine rings is 1. The molecule has 1 aromatic heterocycles. The van der Waals surface area contributed by atoms with Crippen LogP contribution in [0.2, 0.25) is 0 Å². The molecule has 0 spiro atoms. The summed E-state index contributed by atoms with van der Waals surface area (Å²) >= 11 is 0. The lowest BCUT2D eigenvalue weighted by Crippen LogP contribution is -2.39. The van der Waals surface area contributed by atoms with Gasteiger partial charge in [-0.05, 0) is 96.9 Å². The highest BCUT2D eigenvalue weighted by atomic mass is 32.2. The number of benzene rings is 2. The van der Waals surface area contributed by atoms with Gasteiger partial charge in [0.2, 0.25) is 0 Å². The Kier molecular flexibility index (Phi) is 11.8. The monoisotopic (exact) mass is 708 g/mol. The van der Waals surface area contributed by atoms with E-state index in [-0.39, 0.29) is 12.0 Å². The molecular formula is C39H51FN3O6S-. The molecule has 2 heterocycles. The molecule has 0 radical (unpaired) electrons. The van der Waals surface area contributed by atoms with Gasteiger partial charge >= 0.3 is 11.9 Å². The van der Waals surface area contributed by atoms with Crippen molar-refractivity contribution in [3.63, 3.8) is 0 Å². The highest BCUT2D eigenvalue weighted by Gasteiger charge is 2.36. The van der Waals surface area contributed by atoms with Gasteiger partial charge in [-0.25, -0.2) is 9.18 Å². The predicted octanol–water partition coefficient (Wildman–Crippen LogP) is 8.70. The minimum absolute atomic E-state index is 0.126. The lowest BCUT2D eigenvalue weighted by atomic mass is 9.82. The maximum Gasteiger partial charge on any atom is 0.337 e. The number of carbonyl (C=O) groups excluding carboxylic acids is 1. The predicted molar refractivity (Wildman–Crippen MR) is 194 cm³/mol. The van der Waals surface area contributed by atoms with Crippen LogP contribution in [0, 0.1) is 25.1 Å². The van der Waals surface area contributed by atoms with Crippen molar-refractivity contribution in [1.82, 2.24) is 4.98 Å². The van der Waals surface area contributed by atoms with Crippen molar-refractivity contribution in [3.05, 3.63) is 76.9 Å². The number of anilines is 1. The molecule has 2 atom stereocenters. The van der Waals surface area contributed by atoms with Crippen molar-refractivity contribution < 1.29 is 32.8 Å². The van der Waals surface area contributed by atoms with Gasteiger partial charge in [-0.15, -0.1) is 0 Å². The first-order valence-electron chi connectivity index (χ1n) is 17.0. The molecule has 1 aliphatic heterocycles. The zero-order valence-corrected chi connectivity index (χ0v) is 31.7. The number of carboxylic acid groups (broad SMARTS) is 1. The average Bonchev–Trinajstić information content (AvgIpc) is 2.99. The Morgan fingerprint density at radius 3 is 2.06 bits per heavy atom. The number of halogens is 1. The number of aromatic nitrogens is 1. The van der Waals surface area contributed by atoms with Crippen molar-refractivity contribution >= 4 is 28.2 Å². The van der Waals surface area contributed by atoms with Gasteiger partial charge in [0.05, 0.1) is 17.2 Å². The molecule has 1 aliphatic rings. The van der Waals surface area contributed by atoms with Crippen LogP contribution >= 0.6 is 0 Å². The first-order valence-corrected chi connectivity index (χ1v) is 18.1. The topological polar surface area (TPSA) is 118 Å². The molecular weight excluding hydrogens is 658 g/mol. The zero-order valence-electron chi connectivity index (χ0n) is 30.9. The smallest absolute Gasteiger partial charge is 0.337 e.